The van der Waals surface area contributed by atoms with Crippen LogP contribution in [0.25, 0.3) is 0 Å². The molecule has 0 aliphatic carbocycles. The van der Waals surface area contributed by atoms with Crippen molar-refractivity contribution in [3.63, 3.8) is 0 Å². The van der Waals surface area contributed by atoms with Gasteiger partial charge in [0.15, 0.2) is 0 Å². The first-order valence-corrected chi connectivity index (χ1v) is 6.78. The molecule has 0 unspecified atom stereocenters. The number of carbonyl (C=O) groups excluding carboxylic acids is 1. The van der Waals surface area contributed by atoms with E-state index in [1.165, 1.54) is 0 Å². The largest absolute Gasteiger partial charge is 0.494 e. The summed E-state index contributed by atoms with van der Waals surface area (Å²) in [7, 11) is 0. The van der Waals surface area contributed by atoms with Crippen LogP contribution in [-0.2, 0) is 0 Å². The third-order valence-corrected chi connectivity index (χ3v) is 3.11. The molecule has 0 saturated carbocycles. The van der Waals surface area contributed by atoms with Gasteiger partial charge in [-0.25, -0.2) is 0 Å². The highest BCUT2D eigenvalue weighted by Crippen LogP contribution is 2.23. The molecular formula is C16H16ClNO2. The monoisotopic (exact) mass is 289 g/mol. The van der Waals surface area contributed by atoms with Crippen molar-refractivity contribution < 1.29 is 9.53 Å². The minimum atomic E-state index is -0.196. The Morgan fingerprint density at radius 3 is 2.50 bits per heavy atom. The molecule has 4 heteroatoms. The van der Waals surface area contributed by atoms with Gasteiger partial charge in [-0.05, 0) is 55.8 Å². The first-order valence-electron chi connectivity index (χ1n) is 6.40. The molecule has 0 saturated heterocycles. The molecule has 0 aliphatic heterocycles. The van der Waals surface area contributed by atoms with Gasteiger partial charge in [0.05, 0.1) is 17.3 Å². The maximum Gasteiger partial charge on any atom is 0.255 e. The summed E-state index contributed by atoms with van der Waals surface area (Å²) in [6, 6.07) is 12.5. The lowest BCUT2D eigenvalue weighted by Gasteiger charge is -2.08. The van der Waals surface area contributed by atoms with Crippen LogP contribution in [0.4, 0.5) is 5.69 Å². The first kappa shape index (κ1) is 14.4. The van der Waals surface area contributed by atoms with Crippen molar-refractivity contribution in [2.45, 2.75) is 13.8 Å². The van der Waals surface area contributed by atoms with Crippen LogP contribution in [0.15, 0.2) is 42.5 Å². The smallest absolute Gasteiger partial charge is 0.255 e. The van der Waals surface area contributed by atoms with Gasteiger partial charge in [0, 0.05) is 5.56 Å². The van der Waals surface area contributed by atoms with Gasteiger partial charge < -0.3 is 10.1 Å². The SMILES string of the molecule is CCOc1ccc(C(=O)Nc2ccc(C)cc2Cl)cc1. The number of halogens is 1. The van der Waals surface area contributed by atoms with Crippen molar-refractivity contribution in [3.8, 4) is 5.75 Å². The standard InChI is InChI=1S/C16H16ClNO2/c1-3-20-13-7-5-12(6-8-13)16(19)18-15-9-4-11(2)10-14(15)17/h4-10H,3H2,1-2H3,(H,18,19). The second-order valence-electron chi connectivity index (χ2n) is 4.39. The maximum atomic E-state index is 12.1. The third-order valence-electron chi connectivity index (χ3n) is 2.80. The number of carbonyl (C=O) groups is 1. The van der Waals surface area contributed by atoms with Crippen LogP contribution < -0.4 is 10.1 Å². The van der Waals surface area contributed by atoms with E-state index in [2.05, 4.69) is 5.32 Å². The maximum absolute atomic E-state index is 12.1. The third kappa shape index (κ3) is 3.52. The summed E-state index contributed by atoms with van der Waals surface area (Å²) in [5.74, 6) is 0.552. The lowest BCUT2D eigenvalue weighted by molar-refractivity contribution is 0.102. The highest BCUT2D eigenvalue weighted by atomic mass is 35.5. The Morgan fingerprint density at radius 1 is 1.20 bits per heavy atom. The fourth-order valence-corrected chi connectivity index (χ4v) is 2.07. The number of ether oxygens (including phenoxy) is 1. The summed E-state index contributed by atoms with van der Waals surface area (Å²) in [5.41, 5.74) is 2.22. The number of rotatable bonds is 4. The molecule has 0 atom stereocenters. The van der Waals surface area contributed by atoms with Gasteiger partial charge in [-0.2, -0.15) is 0 Å². The zero-order valence-electron chi connectivity index (χ0n) is 11.4. The van der Waals surface area contributed by atoms with Gasteiger partial charge >= 0.3 is 0 Å². The normalized spacial score (nSPS) is 10.2. The predicted molar refractivity (Wildman–Crippen MR) is 81.8 cm³/mol. The summed E-state index contributed by atoms with van der Waals surface area (Å²) < 4.78 is 5.34. The van der Waals surface area contributed by atoms with Gasteiger partial charge in [-0.1, -0.05) is 17.7 Å². The number of hydrogen-bond donors (Lipinski definition) is 1. The van der Waals surface area contributed by atoms with E-state index in [1.54, 1.807) is 30.3 Å². The molecule has 0 spiro atoms. The summed E-state index contributed by atoms with van der Waals surface area (Å²) >= 11 is 6.09. The van der Waals surface area contributed by atoms with E-state index in [1.807, 2.05) is 26.0 Å². The Kier molecular flexibility index (Phi) is 4.64. The molecule has 3 nitrogen and oxygen atoms in total. The average Bonchev–Trinajstić information content (AvgIpc) is 2.43. The molecule has 0 aromatic heterocycles. The minimum absolute atomic E-state index is 0.196. The minimum Gasteiger partial charge on any atom is -0.494 e. The predicted octanol–water partition coefficient (Wildman–Crippen LogP) is 4.30. The van der Waals surface area contributed by atoms with E-state index < -0.39 is 0 Å². The molecule has 2 aromatic carbocycles. The van der Waals surface area contributed by atoms with Crippen molar-refractivity contribution in [1.82, 2.24) is 0 Å². The van der Waals surface area contributed by atoms with Crippen molar-refractivity contribution in [2.75, 3.05) is 11.9 Å². The topological polar surface area (TPSA) is 38.3 Å². The van der Waals surface area contributed by atoms with Gasteiger partial charge in [-0.15, -0.1) is 0 Å². The van der Waals surface area contributed by atoms with Crippen LogP contribution in [0.1, 0.15) is 22.8 Å². The number of hydrogen-bond acceptors (Lipinski definition) is 2. The van der Waals surface area contributed by atoms with Crippen LogP contribution in [-0.4, -0.2) is 12.5 Å². The number of aryl methyl sites for hydroxylation is 1. The zero-order chi connectivity index (χ0) is 14.5. The van der Waals surface area contributed by atoms with E-state index in [0.29, 0.717) is 22.9 Å². The Morgan fingerprint density at radius 2 is 1.90 bits per heavy atom. The molecule has 0 aliphatic rings. The van der Waals surface area contributed by atoms with Crippen LogP contribution >= 0.6 is 11.6 Å². The van der Waals surface area contributed by atoms with Crippen LogP contribution in [0, 0.1) is 6.92 Å². The van der Waals surface area contributed by atoms with E-state index >= 15 is 0 Å². The van der Waals surface area contributed by atoms with Crippen molar-refractivity contribution in [3.05, 3.63) is 58.6 Å². The molecular weight excluding hydrogens is 274 g/mol. The van der Waals surface area contributed by atoms with E-state index in [-0.39, 0.29) is 5.91 Å². The number of benzene rings is 2. The molecule has 0 fully saturated rings. The van der Waals surface area contributed by atoms with Crippen LogP contribution in [0.2, 0.25) is 5.02 Å². The summed E-state index contributed by atoms with van der Waals surface area (Å²) in [5, 5.41) is 3.33. The van der Waals surface area contributed by atoms with E-state index in [4.69, 9.17) is 16.3 Å². The lowest BCUT2D eigenvalue weighted by atomic mass is 10.2. The zero-order valence-corrected chi connectivity index (χ0v) is 12.2. The Labute approximate surface area is 123 Å². The molecule has 1 amide bonds. The van der Waals surface area contributed by atoms with Gasteiger partial charge in [-0.3, -0.25) is 4.79 Å². The van der Waals surface area contributed by atoms with Gasteiger partial charge in [0.25, 0.3) is 5.91 Å². The fraction of sp³-hybridized carbons (Fsp3) is 0.188. The Balaban J connectivity index is 2.11. The van der Waals surface area contributed by atoms with Crippen molar-refractivity contribution >= 4 is 23.2 Å². The molecule has 0 radical (unpaired) electrons. The number of nitrogens with one attached hydrogen (secondary N) is 1. The van der Waals surface area contributed by atoms with Crippen LogP contribution in [0.5, 0.6) is 5.75 Å². The highest BCUT2D eigenvalue weighted by molar-refractivity contribution is 6.34. The molecule has 0 heterocycles. The molecule has 1 N–H and O–H groups in total. The first-order chi connectivity index (χ1) is 9.60. The Hall–Kier alpha value is -2.00. The van der Waals surface area contributed by atoms with E-state index in [0.717, 1.165) is 11.3 Å². The second-order valence-corrected chi connectivity index (χ2v) is 4.80. The number of amides is 1. The summed E-state index contributed by atoms with van der Waals surface area (Å²) in [6.45, 7) is 4.47. The quantitative estimate of drug-likeness (QED) is 0.911. The molecule has 2 aromatic rings. The molecule has 0 bridgehead atoms. The van der Waals surface area contributed by atoms with Crippen molar-refractivity contribution in [1.29, 1.82) is 0 Å². The van der Waals surface area contributed by atoms with Crippen LogP contribution in [0.3, 0.4) is 0 Å². The Bertz CT molecular complexity index is 608. The highest BCUT2D eigenvalue weighted by Gasteiger charge is 2.08. The van der Waals surface area contributed by atoms with Gasteiger partial charge in [0.1, 0.15) is 5.75 Å². The fourth-order valence-electron chi connectivity index (χ4n) is 1.79. The van der Waals surface area contributed by atoms with Gasteiger partial charge in [0.2, 0.25) is 0 Å². The molecule has 104 valence electrons. The van der Waals surface area contributed by atoms with E-state index in [9.17, 15) is 4.79 Å². The molecule has 20 heavy (non-hydrogen) atoms. The second kappa shape index (κ2) is 6.44. The number of anilines is 1. The molecule has 2 rings (SSSR count). The summed E-state index contributed by atoms with van der Waals surface area (Å²) in [4.78, 5) is 12.1. The van der Waals surface area contributed by atoms with Crippen molar-refractivity contribution in [2.24, 2.45) is 0 Å². The lowest BCUT2D eigenvalue weighted by Crippen LogP contribution is -2.12. The average molecular weight is 290 g/mol. The summed E-state index contributed by atoms with van der Waals surface area (Å²) in [6.07, 6.45) is 0.